The smallest absolute Gasteiger partial charge is 0.306 e. The number of hydrogen-bond donors (Lipinski definition) is 1. The second-order valence-corrected chi connectivity index (χ2v) is 6.11. The van der Waals surface area contributed by atoms with Gasteiger partial charge < -0.3 is 10.5 Å². The van der Waals surface area contributed by atoms with E-state index in [0.717, 1.165) is 4.31 Å². The summed E-state index contributed by atoms with van der Waals surface area (Å²) in [5.74, 6) is 4.87. The molecule has 0 aliphatic heterocycles. The van der Waals surface area contributed by atoms with Crippen molar-refractivity contribution in [2.45, 2.75) is 11.3 Å². The van der Waals surface area contributed by atoms with Crippen molar-refractivity contribution >= 4 is 16.0 Å². The van der Waals surface area contributed by atoms with Crippen LogP contribution in [-0.4, -0.2) is 50.9 Å². The van der Waals surface area contributed by atoms with Crippen LogP contribution in [0.2, 0.25) is 0 Å². The van der Waals surface area contributed by atoms with Crippen molar-refractivity contribution in [1.82, 2.24) is 9.29 Å². The van der Waals surface area contributed by atoms with E-state index in [4.69, 9.17) is 5.73 Å². The second kappa shape index (κ2) is 7.73. The Morgan fingerprint density at radius 2 is 2.19 bits per heavy atom. The fourth-order valence-corrected chi connectivity index (χ4v) is 2.59. The number of hydrogen-bond acceptors (Lipinski definition) is 6. The number of methoxy groups -OCH3 is 1. The van der Waals surface area contributed by atoms with Crippen LogP contribution >= 0.6 is 0 Å². The number of sulfonamides is 1. The zero-order valence-corrected chi connectivity index (χ0v) is 12.7. The Hall–Kier alpha value is -1.95. The van der Waals surface area contributed by atoms with Gasteiger partial charge in [-0.05, 0) is 6.07 Å². The standard InChI is InChI=1S/C13H17N3O4S/c1-16(7-5-13(17)20-2)21(18,19)12-8-11(4-3-6-14)9-15-10-12/h8-10H,5-7,14H2,1-2H3. The van der Waals surface area contributed by atoms with Crippen LogP contribution in [0.1, 0.15) is 12.0 Å². The number of ether oxygens (including phenoxy) is 1. The highest BCUT2D eigenvalue weighted by atomic mass is 32.2. The lowest BCUT2D eigenvalue weighted by Gasteiger charge is -2.16. The molecule has 0 spiro atoms. The van der Waals surface area contributed by atoms with E-state index >= 15 is 0 Å². The Morgan fingerprint density at radius 3 is 2.81 bits per heavy atom. The molecule has 0 bridgehead atoms. The largest absolute Gasteiger partial charge is 0.469 e. The molecule has 21 heavy (non-hydrogen) atoms. The topological polar surface area (TPSA) is 103 Å². The number of carbonyl (C=O) groups is 1. The molecule has 2 N–H and O–H groups in total. The van der Waals surface area contributed by atoms with Crippen molar-refractivity contribution < 1.29 is 17.9 Å². The van der Waals surface area contributed by atoms with Gasteiger partial charge >= 0.3 is 5.97 Å². The monoisotopic (exact) mass is 311 g/mol. The summed E-state index contributed by atoms with van der Waals surface area (Å²) in [6.45, 7) is 0.198. The molecule has 0 aliphatic carbocycles. The SMILES string of the molecule is COC(=O)CCN(C)S(=O)(=O)c1cncc(C#CCN)c1. The van der Waals surface area contributed by atoms with E-state index in [0.29, 0.717) is 5.56 Å². The Bertz CT molecular complexity index is 661. The van der Waals surface area contributed by atoms with Crippen LogP contribution in [0.3, 0.4) is 0 Å². The highest BCUT2D eigenvalue weighted by Gasteiger charge is 2.22. The Kier molecular flexibility index (Phi) is 6.30. The van der Waals surface area contributed by atoms with Gasteiger partial charge in [0.05, 0.1) is 20.1 Å². The Morgan fingerprint density at radius 1 is 1.48 bits per heavy atom. The lowest BCUT2D eigenvalue weighted by Crippen LogP contribution is -2.29. The molecule has 0 saturated carbocycles. The first-order valence-corrected chi connectivity index (χ1v) is 7.53. The number of nitrogens with zero attached hydrogens (tertiary/aromatic N) is 2. The molecule has 8 heteroatoms. The van der Waals surface area contributed by atoms with Gasteiger partial charge in [0.25, 0.3) is 0 Å². The molecule has 0 fully saturated rings. The van der Waals surface area contributed by atoms with Crippen LogP contribution in [0.5, 0.6) is 0 Å². The van der Waals surface area contributed by atoms with Crippen LogP contribution in [0, 0.1) is 11.8 Å². The van der Waals surface area contributed by atoms with Gasteiger partial charge in [-0.15, -0.1) is 0 Å². The molecule has 0 radical (unpaired) electrons. The average Bonchev–Trinajstić information content (AvgIpc) is 2.50. The normalized spacial score (nSPS) is 10.9. The molecule has 7 nitrogen and oxygen atoms in total. The first-order valence-electron chi connectivity index (χ1n) is 6.09. The molecule has 1 rings (SSSR count). The maximum absolute atomic E-state index is 12.3. The highest BCUT2D eigenvalue weighted by Crippen LogP contribution is 2.14. The molecular weight excluding hydrogens is 294 g/mol. The van der Waals surface area contributed by atoms with Crippen molar-refractivity contribution in [2.75, 3.05) is 27.2 Å². The molecule has 0 atom stereocenters. The van der Waals surface area contributed by atoms with Crippen LogP contribution in [0.25, 0.3) is 0 Å². The number of pyridine rings is 1. The van der Waals surface area contributed by atoms with E-state index in [1.807, 2.05) is 0 Å². The number of carbonyl (C=O) groups excluding carboxylic acids is 1. The zero-order valence-electron chi connectivity index (χ0n) is 11.9. The van der Waals surface area contributed by atoms with Crippen molar-refractivity contribution in [3.05, 3.63) is 24.0 Å². The predicted molar refractivity (Wildman–Crippen MR) is 76.6 cm³/mol. The first kappa shape index (κ1) is 17.1. The number of rotatable bonds is 5. The Balaban J connectivity index is 2.94. The highest BCUT2D eigenvalue weighted by molar-refractivity contribution is 7.89. The van der Waals surface area contributed by atoms with Crippen molar-refractivity contribution in [3.63, 3.8) is 0 Å². The van der Waals surface area contributed by atoms with Gasteiger partial charge in [0.1, 0.15) is 4.90 Å². The maximum Gasteiger partial charge on any atom is 0.306 e. The van der Waals surface area contributed by atoms with E-state index in [1.54, 1.807) is 0 Å². The second-order valence-electron chi connectivity index (χ2n) is 4.07. The fourth-order valence-electron chi connectivity index (χ4n) is 1.43. The summed E-state index contributed by atoms with van der Waals surface area (Å²) in [5.41, 5.74) is 5.73. The van der Waals surface area contributed by atoms with Gasteiger partial charge in [0.2, 0.25) is 10.0 Å². The Labute approximate surface area is 124 Å². The summed E-state index contributed by atoms with van der Waals surface area (Å²) < 4.78 is 30.2. The minimum absolute atomic E-state index is 0.0127. The molecule has 0 unspecified atom stereocenters. The lowest BCUT2D eigenvalue weighted by atomic mass is 10.3. The molecule has 1 aromatic rings. The zero-order chi connectivity index (χ0) is 15.9. The van der Waals surface area contributed by atoms with Gasteiger partial charge in [-0.25, -0.2) is 12.7 Å². The van der Waals surface area contributed by atoms with Gasteiger partial charge in [0.15, 0.2) is 0 Å². The minimum atomic E-state index is -3.73. The van der Waals surface area contributed by atoms with Crippen LogP contribution < -0.4 is 5.73 Å². The summed E-state index contributed by atoms with van der Waals surface area (Å²) in [7, 11) is -1.09. The first-order chi connectivity index (χ1) is 9.91. The summed E-state index contributed by atoms with van der Waals surface area (Å²) >= 11 is 0. The van der Waals surface area contributed by atoms with Gasteiger partial charge in [0, 0.05) is 31.5 Å². The molecule has 0 aromatic carbocycles. The molecule has 1 aromatic heterocycles. The van der Waals surface area contributed by atoms with E-state index in [1.165, 1.54) is 32.6 Å². The molecule has 1 heterocycles. The molecule has 0 saturated heterocycles. The summed E-state index contributed by atoms with van der Waals surface area (Å²) in [6.07, 6.45) is 2.67. The minimum Gasteiger partial charge on any atom is -0.469 e. The third-order valence-corrected chi connectivity index (χ3v) is 4.44. The van der Waals surface area contributed by atoms with E-state index in [9.17, 15) is 13.2 Å². The predicted octanol–water partition coefficient (Wildman–Crippen LogP) is -0.425. The molecule has 0 aliphatic rings. The van der Waals surface area contributed by atoms with Crippen LogP contribution in [-0.2, 0) is 19.6 Å². The molecule has 0 amide bonds. The van der Waals surface area contributed by atoms with E-state index < -0.39 is 16.0 Å². The third kappa shape index (κ3) is 4.82. The number of aromatic nitrogens is 1. The van der Waals surface area contributed by atoms with Gasteiger partial charge in [-0.2, -0.15) is 0 Å². The lowest BCUT2D eigenvalue weighted by molar-refractivity contribution is -0.140. The molecule has 114 valence electrons. The van der Waals surface area contributed by atoms with E-state index in [2.05, 4.69) is 21.6 Å². The quantitative estimate of drug-likeness (QED) is 0.585. The fraction of sp³-hybridized carbons (Fsp3) is 0.385. The average molecular weight is 311 g/mol. The summed E-state index contributed by atoms with van der Waals surface area (Å²) in [4.78, 5) is 14.9. The number of esters is 1. The molecular formula is C13H17N3O4S. The van der Waals surface area contributed by atoms with Crippen molar-refractivity contribution in [2.24, 2.45) is 5.73 Å². The number of nitrogens with two attached hydrogens (primary N) is 1. The third-order valence-electron chi connectivity index (χ3n) is 2.61. The summed E-state index contributed by atoms with van der Waals surface area (Å²) in [6, 6.07) is 1.42. The maximum atomic E-state index is 12.3. The van der Waals surface area contributed by atoms with Crippen molar-refractivity contribution in [1.29, 1.82) is 0 Å². The van der Waals surface area contributed by atoms with Crippen LogP contribution in [0.15, 0.2) is 23.4 Å². The summed E-state index contributed by atoms with van der Waals surface area (Å²) in [5, 5.41) is 0. The van der Waals surface area contributed by atoms with E-state index in [-0.39, 0.29) is 24.4 Å². The van der Waals surface area contributed by atoms with Crippen molar-refractivity contribution in [3.8, 4) is 11.8 Å². The van der Waals surface area contributed by atoms with Gasteiger partial charge in [-0.3, -0.25) is 9.78 Å². The van der Waals surface area contributed by atoms with Crippen LogP contribution in [0.4, 0.5) is 0 Å². The van der Waals surface area contributed by atoms with Gasteiger partial charge in [-0.1, -0.05) is 11.8 Å².